The van der Waals surface area contributed by atoms with Crippen LogP contribution in [0.2, 0.25) is 0 Å². The Balaban J connectivity index is 1.84. The van der Waals surface area contributed by atoms with Crippen LogP contribution in [0.1, 0.15) is 38.2 Å². The number of aromatic amines is 1. The van der Waals surface area contributed by atoms with Crippen LogP contribution >= 0.6 is 0 Å². The van der Waals surface area contributed by atoms with Crippen LogP contribution in [-0.4, -0.2) is 10.9 Å². The minimum Gasteiger partial charge on any atom is -0.321 e. The van der Waals surface area contributed by atoms with E-state index < -0.39 is 0 Å². The molecule has 0 atom stereocenters. The van der Waals surface area contributed by atoms with E-state index in [4.69, 9.17) is 0 Å². The summed E-state index contributed by atoms with van der Waals surface area (Å²) in [4.78, 5) is 31.2. The molecule has 1 aromatic heterocycles. The van der Waals surface area contributed by atoms with E-state index in [1.54, 1.807) is 4.90 Å². The Morgan fingerprint density at radius 3 is 2.35 bits per heavy atom. The number of amides is 1. The first-order valence-corrected chi connectivity index (χ1v) is 10.4. The lowest BCUT2D eigenvalue weighted by Gasteiger charge is -2.25. The molecule has 31 heavy (non-hydrogen) atoms. The van der Waals surface area contributed by atoms with Gasteiger partial charge in [-0.05, 0) is 74.0 Å². The smallest absolute Gasteiger partial charge is 0.258 e. The molecule has 0 radical (unpaired) electrons. The Hall–Kier alpha value is -3.66. The summed E-state index contributed by atoms with van der Waals surface area (Å²) in [6.07, 6.45) is 0. The molecule has 0 saturated carbocycles. The second kappa shape index (κ2) is 8.23. The molecule has 1 N–H and O–H groups in total. The van der Waals surface area contributed by atoms with Gasteiger partial charge in [-0.3, -0.25) is 9.59 Å². The number of benzene rings is 3. The molecule has 0 aliphatic carbocycles. The van der Waals surface area contributed by atoms with Gasteiger partial charge in [-0.2, -0.15) is 0 Å². The predicted octanol–water partition coefficient (Wildman–Crippen LogP) is 5.61. The molecular formula is C27H26N2O2. The molecule has 4 rings (SSSR count). The highest BCUT2D eigenvalue weighted by Crippen LogP contribution is 2.26. The first-order valence-electron chi connectivity index (χ1n) is 10.4. The Morgan fingerprint density at radius 2 is 1.58 bits per heavy atom. The molecule has 0 saturated heterocycles. The third-order valence-corrected chi connectivity index (χ3v) is 5.66. The average molecular weight is 411 g/mol. The Labute approximate surface area is 182 Å². The van der Waals surface area contributed by atoms with E-state index in [9.17, 15) is 9.59 Å². The molecule has 0 unspecified atom stereocenters. The van der Waals surface area contributed by atoms with E-state index in [0.29, 0.717) is 11.1 Å². The number of rotatable bonds is 4. The van der Waals surface area contributed by atoms with E-state index in [0.717, 1.165) is 38.8 Å². The molecule has 0 spiro atoms. The molecule has 4 aromatic rings. The van der Waals surface area contributed by atoms with Crippen LogP contribution in [-0.2, 0) is 6.54 Å². The zero-order chi connectivity index (χ0) is 22.1. The number of anilines is 1. The number of hydrogen-bond acceptors (Lipinski definition) is 2. The van der Waals surface area contributed by atoms with Crippen molar-refractivity contribution in [3.63, 3.8) is 0 Å². The van der Waals surface area contributed by atoms with Gasteiger partial charge in [0.25, 0.3) is 11.5 Å². The van der Waals surface area contributed by atoms with Crippen molar-refractivity contribution in [3.05, 3.63) is 110 Å². The molecule has 1 heterocycles. The summed E-state index contributed by atoms with van der Waals surface area (Å²) in [6, 6.07) is 21.4. The monoisotopic (exact) mass is 410 g/mol. The Bertz CT molecular complexity index is 1350. The number of carbonyl (C=O) groups excluding carboxylic acids is 1. The summed E-state index contributed by atoms with van der Waals surface area (Å²) < 4.78 is 0. The molecule has 1 amide bonds. The summed E-state index contributed by atoms with van der Waals surface area (Å²) in [5, 5.41) is 0.957. The van der Waals surface area contributed by atoms with Gasteiger partial charge in [-0.15, -0.1) is 0 Å². The molecule has 0 bridgehead atoms. The van der Waals surface area contributed by atoms with E-state index in [-0.39, 0.29) is 18.0 Å². The largest absolute Gasteiger partial charge is 0.321 e. The van der Waals surface area contributed by atoms with Gasteiger partial charge < -0.3 is 9.88 Å². The summed E-state index contributed by atoms with van der Waals surface area (Å²) >= 11 is 0. The predicted molar refractivity (Wildman–Crippen MR) is 127 cm³/mol. The fraction of sp³-hybridized carbons (Fsp3) is 0.185. The highest BCUT2D eigenvalue weighted by atomic mass is 16.2. The quantitative estimate of drug-likeness (QED) is 0.475. The highest BCUT2D eigenvalue weighted by Gasteiger charge is 2.21. The maximum atomic E-state index is 13.6. The topological polar surface area (TPSA) is 53.2 Å². The van der Waals surface area contributed by atoms with E-state index in [2.05, 4.69) is 4.98 Å². The molecule has 0 aliphatic rings. The second-order valence-electron chi connectivity index (χ2n) is 8.21. The maximum Gasteiger partial charge on any atom is 0.258 e. The van der Waals surface area contributed by atoms with E-state index in [1.165, 1.54) is 0 Å². The van der Waals surface area contributed by atoms with Crippen molar-refractivity contribution in [2.75, 3.05) is 4.90 Å². The zero-order valence-electron chi connectivity index (χ0n) is 18.3. The fourth-order valence-electron chi connectivity index (χ4n) is 3.93. The van der Waals surface area contributed by atoms with Crippen LogP contribution in [0.25, 0.3) is 10.9 Å². The first kappa shape index (κ1) is 20.6. The zero-order valence-corrected chi connectivity index (χ0v) is 18.3. The number of hydrogen-bond donors (Lipinski definition) is 1. The second-order valence-corrected chi connectivity index (χ2v) is 8.21. The number of nitrogens with zero attached hydrogens (tertiary/aromatic N) is 1. The van der Waals surface area contributed by atoms with Crippen LogP contribution in [0.5, 0.6) is 0 Å². The van der Waals surface area contributed by atoms with Crippen molar-refractivity contribution >= 4 is 22.5 Å². The Kier molecular flexibility index (Phi) is 5.47. The molecule has 156 valence electrons. The van der Waals surface area contributed by atoms with Crippen LogP contribution in [0.15, 0.2) is 71.5 Å². The minimum atomic E-state index is -0.172. The van der Waals surface area contributed by atoms with Crippen molar-refractivity contribution < 1.29 is 4.79 Å². The lowest BCUT2D eigenvalue weighted by atomic mass is 10.0. The maximum absolute atomic E-state index is 13.6. The van der Waals surface area contributed by atoms with Gasteiger partial charge in [0.15, 0.2) is 0 Å². The fourth-order valence-corrected chi connectivity index (χ4v) is 3.93. The lowest BCUT2D eigenvalue weighted by Crippen LogP contribution is -2.33. The number of nitrogens with one attached hydrogen (secondary N) is 1. The van der Waals surface area contributed by atoms with Crippen molar-refractivity contribution in [1.82, 2.24) is 4.98 Å². The van der Waals surface area contributed by atoms with E-state index >= 15 is 0 Å². The van der Waals surface area contributed by atoms with Gasteiger partial charge in [0.2, 0.25) is 0 Å². The summed E-state index contributed by atoms with van der Waals surface area (Å²) in [5.41, 5.74) is 6.72. The highest BCUT2D eigenvalue weighted by molar-refractivity contribution is 6.06. The SMILES string of the molecule is Cc1cccc(C(=O)N(Cc2cc3cccc(C)c3[nH]c2=O)c2cc(C)ccc2C)c1. The van der Waals surface area contributed by atoms with Crippen LogP contribution < -0.4 is 10.5 Å². The van der Waals surface area contributed by atoms with E-state index in [1.807, 2.05) is 94.4 Å². The molecular weight excluding hydrogens is 384 g/mol. The number of fused-ring (bicyclic) bond motifs is 1. The molecule has 3 aromatic carbocycles. The number of pyridine rings is 1. The van der Waals surface area contributed by atoms with Gasteiger partial charge in [0, 0.05) is 16.8 Å². The van der Waals surface area contributed by atoms with Crippen molar-refractivity contribution in [3.8, 4) is 0 Å². The third-order valence-electron chi connectivity index (χ3n) is 5.66. The van der Waals surface area contributed by atoms with Gasteiger partial charge in [0.1, 0.15) is 0 Å². The first-order chi connectivity index (χ1) is 14.8. The molecule has 4 heteroatoms. The standard InChI is InChI=1S/C27H26N2O2/c1-17-7-5-10-22(13-17)27(31)29(24-14-18(2)11-12-19(24)3)16-23-15-21-9-6-8-20(4)25(21)28-26(23)30/h5-15H,16H2,1-4H3,(H,28,30). The van der Waals surface area contributed by atoms with Crippen LogP contribution in [0, 0.1) is 27.7 Å². The van der Waals surface area contributed by atoms with Crippen molar-refractivity contribution in [1.29, 1.82) is 0 Å². The average Bonchev–Trinajstić information content (AvgIpc) is 2.74. The summed E-state index contributed by atoms with van der Waals surface area (Å²) in [7, 11) is 0. The normalized spacial score (nSPS) is 11.0. The summed E-state index contributed by atoms with van der Waals surface area (Å²) in [6.45, 7) is 8.12. The Morgan fingerprint density at radius 1 is 0.839 bits per heavy atom. The minimum absolute atomic E-state index is 0.124. The van der Waals surface area contributed by atoms with Gasteiger partial charge >= 0.3 is 0 Å². The molecule has 4 nitrogen and oxygen atoms in total. The van der Waals surface area contributed by atoms with Crippen LogP contribution in [0.3, 0.4) is 0 Å². The molecule has 0 aliphatic heterocycles. The lowest BCUT2D eigenvalue weighted by molar-refractivity contribution is 0.0985. The van der Waals surface area contributed by atoms with Gasteiger partial charge in [0.05, 0.1) is 12.1 Å². The number of aryl methyl sites for hydroxylation is 4. The number of para-hydroxylation sites is 1. The molecule has 0 fully saturated rings. The number of aromatic nitrogens is 1. The van der Waals surface area contributed by atoms with Gasteiger partial charge in [-0.1, -0.05) is 48.0 Å². The summed E-state index contributed by atoms with van der Waals surface area (Å²) in [5.74, 6) is -0.124. The third kappa shape index (κ3) is 4.15. The number of carbonyl (C=O) groups is 1. The van der Waals surface area contributed by atoms with Gasteiger partial charge in [-0.25, -0.2) is 0 Å². The van der Waals surface area contributed by atoms with Crippen molar-refractivity contribution in [2.45, 2.75) is 34.2 Å². The number of H-pyrrole nitrogens is 1. The van der Waals surface area contributed by atoms with Crippen LogP contribution in [0.4, 0.5) is 5.69 Å². The van der Waals surface area contributed by atoms with Crippen molar-refractivity contribution in [2.24, 2.45) is 0 Å².